The number of hydrogen-bond donors (Lipinski definition) is 0. The van der Waals surface area contributed by atoms with Crippen molar-refractivity contribution in [3.05, 3.63) is 34.9 Å². The maximum Gasteiger partial charge on any atom is 0.164 e. The lowest BCUT2D eigenvalue weighted by Crippen LogP contribution is -2.35. The summed E-state index contributed by atoms with van der Waals surface area (Å²) in [6, 6.07) is 7.15. The van der Waals surface area contributed by atoms with Gasteiger partial charge in [0.05, 0.1) is 0 Å². The molecule has 0 radical (unpaired) electrons. The van der Waals surface area contributed by atoms with Crippen molar-refractivity contribution >= 4 is 17.4 Å². The Morgan fingerprint density at radius 1 is 1.10 bits per heavy atom. The summed E-state index contributed by atoms with van der Waals surface area (Å²) in [5.74, 6) is 0.795. The van der Waals surface area contributed by atoms with E-state index in [9.17, 15) is 4.79 Å². The molecule has 0 bridgehead atoms. The van der Waals surface area contributed by atoms with E-state index in [-0.39, 0.29) is 5.78 Å². The van der Waals surface area contributed by atoms with Crippen molar-refractivity contribution < 1.29 is 4.79 Å². The molecule has 0 N–H and O–H groups in total. The van der Waals surface area contributed by atoms with Crippen molar-refractivity contribution in [2.45, 2.75) is 20.3 Å². The van der Waals surface area contributed by atoms with Gasteiger partial charge in [-0.15, -0.1) is 0 Å². The summed E-state index contributed by atoms with van der Waals surface area (Å²) in [5, 5.41) is 0.666. The molecule has 0 aromatic heterocycles. The van der Waals surface area contributed by atoms with Gasteiger partial charge in [0, 0.05) is 43.2 Å². The van der Waals surface area contributed by atoms with Crippen molar-refractivity contribution in [2.24, 2.45) is 5.92 Å². The Morgan fingerprint density at radius 3 is 2.24 bits per heavy atom. The number of benzene rings is 1. The number of carbonyl (C=O) groups is 1. The molecule has 0 atom stereocenters. The number of likely N-dealkylation sites (N-methyl/N-ethyl adjacent to an activating group) is 1. The second-order valence-corrected chi connectivity index (χ2v) is 6.61. The highest BCUT2D eigenvalue weighted by Crippen LogP contribution is 2.11. The minimum absolute atomic E-state index is 0.185. The quantitative estimate of drug-likeness (QED) is 0.653. The van der Waals surface area contributed by atoms with Crippen LogP contribution in [0.15, 0.2) is 24.3 Å². The second kappa shape index (κ2) is 9.19. The number of halogens is 1. The summed E-state index contributed by atoms with van der Waals surface area (Å²) < 4.78 is 0. The first-order valence-electron chi connectivity index (χ1n) is 7.54. The highest BCUT2D eigenvalue weighted by atomic mass is 35.5. The molecular weight excluding hydrogens is 284 g/mol. The van der Waals surface area contributed by atoms with Crippen LogP contribution in [0.4, 0.5) is 0 Å². The molecule has 0 aliphatic rings. The Morgan fingerprint density at radius 2 is 1.71 bits per heavy atom. The van der Waals surface area contributed by atoms with Crippen LogP contribution >= 0.6 is 11.6 Å². The first-order valence-corrected chi connectivity index (χ1v) is 7.92. The number of ketones is 1. The molecule has 0 amide bonds. The largest absolute Gasteiger partial charge is 0.308 e. The van der Waals surface area contributed by atoms with Crippen LogP contribution in [0.2, 0.25) is 5.02 Å². The van der Waals surface area contributed by atoms with Gasteiger partial charge in [-0.05, 0) is 44.3 Å². The van der Waals surface area contributed by atoms with Crippen LogP contribution < -0.4 is 0 Å². The topological polar surface area (TPSA) is 23.6 Å². The molecule has 0 saturated heterocycles. The van der Waals surface area contributed by atoms with Crippen LogP contribution in [0.1, 0.15) is 30.6 Å². The highest BCUT2D eigenvalue weighted by molar-refractivity contribution is 6.30. The second-order valence-electron chi connectivity index (χ2n) is 6.18. The molecule has 0 saturated carbocycles. The summed E-state index contributed by atoms with van der Waals surface area (Å²) in [7, 11) is 4.15. The normalized spacial score (nSPS) is 11.6. The van der Waals surface area contributed by atoms with Crippen LogP contribution in [0.3, 0.4) is 0 Å². The zero-order chi connectivity index (χ0) is 15.8. The van der Waals surface area contributed by atoms with Crippen molar-refractivity contribution in [3.63, 3.8) is 0 Å². The van der Waals surface area contributed by atoms with E-state index in [0.29, 0.717) is 17.4 Å². The van der Waals surface area contributed by atoms with E-state index in [1.54, 1.807) is 24.3 Å². The zero-order valence-corrected chi connectivity index (χ0v) is 14.4. The van der Waals surface area contributed by atoms with Gasteiger partial charge in [-0.25, -0.2) is 0 Å². The number of nitrogens with zero attached hydrogens (tertiary/aromatic N) is 2. The number of rotatable bonds is 9. The Bertz CT molecular complexity index is 429. The Labute approximate surface area is 133 Å². The van der Waals surface area contributed by atoms with Crippen molar-refractivity contribution in [2.75, 3.05) is 40.3 Å². The molecule has 118 valence electrons. The summed E-state index contributed by atoms with van der Waals surface area (Å²) in [6.07, 6.45) is 0.557. The predicted octanol–water partition coefficient (Wildman–Crippen LogP) is 3.43. The lowest BCUT2D eigenvalue weighted by molar-refractivity contribution is 0.0958. The van der Waals surface area contributed by atoms with Crippen LogP contribution in [0.25, 0.3) is 0 Å². The third kappa shape index (κ3) is 7.60. The van der Waals surface area contributed by atoms with Crippen LogP contribution in [-0.2, 0) is 0 Å². The average Bonchev–Trinajstić information content (AvgIpc) is 2.41. The Kier molecular flexibility index (Phi) is 7.94. The summed E-state index contributed by atoms with van der Waals surface area (Å²) in [6.45, 7) is 8.28. The Hall–Kier alpha value is -0.900. The number of hydrogen-bond acceptors (Lipinski definition) is 3. The first kappa shape index (κ1) is 18.1. The van der Waals surface area contributed by atoms with Gasteiger partial charge in [-0.1, -0.05) is 25.4 Å². The third-order valence-electron chi connectivity index (χ3n) is 3.31. The van der Waals surface area contributed by atoms with Crippen molar-refractivity contribution in [1.29, 1.82) is 0 Å². The zero-order valence-electron chi connectivity index (χ0n) is 13.6. The molecule has 3 nitrogen and oxygen atoms in total. The van der Waals surface area contributed by atoms with Gasteiger partial charge in [-0.3, -0.25) is 4.79 Å². The smallest absolute Gasteiger partial charge is 0.164 e. The molecule has 1 aromatic rings. The lowest BCUT2D eigenvalue weighted by Gasteiger charge is -2.25. The third-order valence-corrected chi connectivity index (χ3v) is 3.56. The number of Topliss-reactive ketones (excluding diaryl/α,β-unsaturated/α-hetero) is 1. The van der Waals surface area contributed by atoms with Crippen molar-refractivity contribution in [1.82, 2.24) is 9.80 Å². The molecule has 1 rings (SSSR count). The first-order chi connectivity index (χ1) is 9.88. The molecule has 4 heteroatoms. The van der Waals surface area contributed by atoms with E-state index in [0.717, 1.165) is 31.7 Å². The molecule has 0 spiro atoms. The summed E-state index contributed by atoms with van der Waals surface area (Å²) >= 11 is 5.85. The van der Waals surface area contributed by atoms with Gasteiger partial charge in [0.2, 0.25) is 0 Å². The minimum atomic E-state index is 0.185. The molecule has 0 fully saturated rings. The van der Waals surface area contributed by atoms with Crippen LogP contribution in [0.5, 0.6) is 0 Å². The maximum absolute atomic E-state index is 12.2. The van der Waals surface area contributed by atoms with E-state index < -0.39 is 0 Å². The van der Waals surface area contributed by atoms with Gasteiger partial charge < -0.3 is 9.80 Å². The molecule has 0 unspecified atom stereocenters. The van der Waals surface area contributed by atoms with E-state index in [2.05, 4.69) is 37.7 Å². The standard InChI is InChI=1S/C17H27ClN2O/c1-14(2)13-20(12-11-19(3)4)10-9-17(21)15-5-7-16(18)8-6-15/h5-8,14H,9-13H2,1-4H3. The summed E-state index contributed by atoms with van der Waals surface area (Å²) in [4.78, 5) is 16.8. The number of carbonyl (C=O) groups excluding carboxylic acids is 1. The van der Waals surface area contributed by atoms with E-state index >= 15 is 0 Å². The van der Waals surface area contributed by atoms with Gasteiger partial charge >= 0.3 is 0 Å². The van der Waals surface area contributed by atoms with Gasteiger partial charge in [0.25, 0.3) is 0 Å². The molecule has 0 aliphatic carbocycles. The van der Waals surface area contributed by atoms with E-state index in [1.807, 2.05) is 0 Å². The minimum Gasteiger partial charge on any atom is -0.308 e. The van der Waals surface area contributed by atoms with Crippen LogP contribution in [-0.4, -0.2) is 55.9 Å². The Balaban J connectivity index is 2.50. The van der Waals surface area contributed by atoms with E-state index in [4.69, 9.17) is 11.6 Å². The predicted molar refractivity (Wildman–Crippen MR) is 90.2 cm³/mol. The molecule has 0 heterocycles. The highest BCUT2D eigenvalue weighted by Gasteiger charge is 2.11. The van der Waals surface area contributed by atoms with Crippen LogP contribution in [0, 0.1) is 5.92 Å². The van der Waals surface area contributed by atoms with Gasteiger partial charge in [0.15, 0.2) is 5.78 Å². The van der Waals surface area contributed by atoms with Gasteiger partial charge in [-0.2, -0.15) is 0 Å². The van der Waals surface area contributed by atoms with E-state index in [1.165, 1.54) is 0 Å². The average molecular weight is 311 g/mol. The molecule has 21 heavy (non-hydrogen) atoms. The summed E-state index contributed by atoms with van der Waals surface area (Å²) in [5.41, 5.74) is 0.747. The SMILES string of the molecule is CC(C)CN(CCC(=O)c1ccc(Cl)cc1)CCN(C)C. The fourth-order valence-electron chi connectivity index (χ4n) is 2.19. The lowest BCUT2D eigenvalue weighted by atomic mass is 10.1. The molecular formula is C17H27ClN2O. The molecule has 1 aromatic carbocycles. The fourth-order valence-corrected chi connectivity index (χ4v) is 2.32. The maximum atomic E-state index is 12.2. The fraction of sp³-hybridized carbons (Fsp3) is 0.588. The van der Waals surface area contributed by atoms with Gasteiger partial charge in [0.1, 0.15) is 0 Å². The molecule has 0 aliphatic heterocycles. The monoisotopic (exact) mass is 310 g/mol. The van der Waals surface area contributed by atoms with Crippen molar-refractivity contribution in [3.8, 4) is 0 Å².